The van der Waals surface area contributed by atoms with E-state index in [-0.39, 0.29) is 0 Å². The molecule has 0 heterocycles. The summed E-state index contributed by atoms with van der Waals surface area (Å²) in [5.74, 6) is -0.0707. The van der Waals surface area contributed by atoms with Crippen LogP contribution in [0.3, 0.4) is 0 Å². The van der Waals surface area contributed by atoms with E-state index in [9.17, 15) is 4.79 Å². The number of ether oxygens (including phenoxy) is 2. The molecule has 4 nitrogen and oxygen atoms in total. The molecule has 2 N–H and O–H groups in total. The molecule has 0 radical (unpaired) electrons. The summed E-state index contributed by atoms with van der Waals surface area (Å²) >= 11 is 0. The van der Waals surface area contributed by atoms with E-state index in [1.165, 1.54) is 13.2 Å². The highest BCUT2D eigenvalue weighted by molar-refractivity contribution is 5.92. The Morgan fingerprint density at radius 1 is 1.53 bits per heavy atom. The maximum absolute atomic E-state index is 11.3. The summed E-state index contributed by atoms with van der Waals surface area (Å²) in [6.45, 7) is 3.49. The average Bonchev–Trinajstić information content (AvgIpc) is 2.28. The van der Waals surface area contributed by atoms with Crippen molar-refractivity contribution >= 4 is 5.97 Å². The molecule has 0 amide bonds. The lowest BCUT2D eigenvalue weighted by atomic mass is 10.2. The Kier molecular flexibility index (Phi) is 3.88. The largest absolute Gasteiger partial charge is 0.471 e. The number of nitrogens with two attached hydrogens (primary N) is 1. The summed E-state index contributed by atoms with van der Waals surface area (Å²) in [5.41, 5.74) is 5.87. The van der Waals surface area contributed by atoms with Gasteiger partial charge in [-0.2, -0.15) is 0 Å². The van der Waals surface area contributed by atoms with Crippen molar-refractivity contribution in [3.8, 4) is 5.75 Å². The molecule has 1 unspecified atom stereocenters. The molecule has 1 rings (SSSR count). The molecule has 0 bridgehead atoms. The van der Waals surface area contributed by atoms with Gasteiger partial charge in [0.2, 0.25) is 0 Å². The van der Waals surface area contributed by atoms with Crippen molar-refractivity contribution in [1.29, 1.82) is 0 Å². The zero-order valence-electron chi connectivity index (χ0n) is 8.47. The first-order valence-electron chi connectivity index (χ1n) is 4.41. The van der Waals surface area contributed by atoms with Gasteiger partial charge in [-0.15, -0.1) is 0 Å². The zero-order valence-corrected chi connectivity index (χ0v) is 8.47. The van der Waals surface area contributed by atoms with Gasteiger partial charge in [0.15, 0.2) is 6.23 Å². The van der Waals surface area contributed by atoms with E-state index < -0.39 is 12.2 Å². The number of rotatable bonds is 4. The van der Waals surface area contributed by atoms with Crippen LogP contribution < -0.4 is 10.5 Å². The summed E-state index contributed by atoms with van der Waals surface area (Å²) in [4.78, 5) is 11.3. The highest BCUT2D eigenvalue weighted by atomic mass is 16.5. The van der Waals surface area contributed by atoms with E-state index in [2.05, 4.69) is 11.3 Å². The smallest absolute Gasteiger partial charge is 0.341 e. The molecule has 0 aliphatic rings. The fourth-order valence-electron chi connectivity index (χ4n) is 1.04. The fraction of sp³-hybridized carbons (Fsp3) is 0.182. The molecule has 1 aromatic carbocycles. The normalized spacial score (nSPS) is 11.6. The van der Waals surface area contributed by atoms with Crippen LogP contribution in [-0.4, -0.2) is 19.3 Å². The lowest BCUT2D eigenvalue weighted by Crippen LogP contribution is -2.24. The highest BCUT2D eigenvalue weighted by Gasteiger charge is 2.13. The van der Waals surface area contributed by atoms with E-state index in [1.54, 1.807) is 24.3 Å². The molecule has 0 fully saturated rings. The number of hydrogen-bond acceptors (Lipinski definition) is 4. The lowest BCUT2D eigenvalue weighted by Gasteiger charge is -2.12. The van der Waals surface area contributed by atoms with Gasteiger partial charge in [-0.3, -0.25) is 5.73 Å². The molecule has 1 aromatic rings. The quantitative estimate of drug-likeness (QED) is 0.459. The van der Waals surface area contributed by atoms with Gasteiger partial charge in [-0.1, -0.05) is 18.7 Å². The van der Waals surface area contributed by atoms with Crippen LogP contribution >= 0.6 is 0 Å². The Morgan fingerprint density at radius 3 is 2.80 bits per heavy atom. The summed E-state index contributed by atoms with van der Waals surface area (Å²) in [6.07, 6.45) is 0.796. The molecular weight excluding hydrogens is 194 g/mol. The van der Waals surface area contributed by atoms with Crippen molar-refractivity contribution < 1.29 is 14.3 Å². The van der Waals surface area contributed by atoms with Crippen LogP contribution in [0, 0.1) is 0 Å². The zero-order chi connectivity index (χ0) is 11.3. The van der Waals surface area contributed by atoms with Gasteiger partial charge in [0.25, 0.3) is 0 Å². The topological polar surface area (TPSA) is 61.5 Å². The van der Waals surface area contributed by atoms with Crippen LogP contribution in [-0.2, 0) is 4.74 Å². The molecule has 80 valence electrons. The van der Waals surface area contributed by atoms with E-state index in [0.29, 0.717) is 11.3 Å². The molecule has 15 heavy (non-hydrogen) atoms. The minimum Gasteiger partial charge on any atom is -0.471 e. The van der Waals surface area contributed by atoms with Gasteiger partial charge in [-0.05, 0) is 18.2 Å². The van der Waals surface area contributed by atoms with E-state index in [0.717, 1.165) is 0 Å². The summed E-state index contributed by atoms with van der Waals surface area (Å²) in [5, 5.41) is 0. The highest BCUT2D eigenvalue weighted by Crippen LogP contribution is 2.19. The molecule has 0 aliphatic carbocycles. The van der Waals surface area contributed by atoms with E-state index in [4.69, 9.17) is 10.5 Å². The van der Waals surface area contributed by atoms with Crippen LogP contribution in [0.15, 0.2) is 36.9 Å². The minimum atomic E-state index is -0.643. The van der Waals surface area contributed by atoms with Crippen molar-refractivity contribution in [2.45, 2.75) is 6.23 Å². The summed E-state index contributed by atoms with van der Waals surface area (Å²) < 4.78 is 9.88. The number of benzene rings is 1. The third-order valence-corrected chi connectivity index (χ3v) is 1.79. The number of carbonyl (C=O) groups is 1. The van der Waals surface area contributed by atoms with E-state index in [1.807, 2.05) is 0 Å². The van der Waals surface area contributed by atoms with Crippen LogP contribution in [0.25, 0.3) is 0 Å². The predicted molar refractivity (Wildman–Crippen MR) is 56.6 cm³/mol. The van der Waals surface area contributed by atoms with Gasteiger partial charge in [0.05, 0.1) is 7.11 Å². The maximum atomic E-state index is 11.3. The van der Waals surface area contributed by atoms with Crippen molar-refractivity contribution in [2.24, 2.45) is 5.73 Å². The van der Waals surface area contributed by atoms with Gasteiger partial charge >= 0.3 is 5.97 Å². The Balaban J connectivity index is 2.95. The molecule has 1 atom stereocenters. The first kappa shape index (κ1) is 11.3. The second-order valence-corrected chi connectivity index (χ2v) is 2.81. The van der Waals surface area contributed by atoms with Gasteiger partial charge in [0.1, 0.15) is 11.3 Å². The number of para-hydroxylation sites is 1. The van der Waals surface area contributed by atoms with Crippen LogP contribution in [0.5, 0.6) is 5.75 Å². The van der Waals surface area contributed by atoms with Crippen molar-refractivity contribution in [3.63, 3.8) is 0 Å². The number of hydrogen-bond donors (Lipinski definition) is 1. The Labute approximate surface area is 88.3 Å². The van der Waals surface area contributed by atoms with Gasteiger partial charge < -0.3 is 9.47 Å². The lowest BCUT2D eigenvalue weighted by molar-refractivity contribution is 0.0595. The minimum absolute atomic E-state index is 0.345. The maximum Gasteiger partial charge on any atom is 0.341 e. The number of carbonyl (C=O) groups excluding carboxylic acids is 1. The Morgan fingerprint density at radius 2 is 2.20 bits per heavy atom. The van der Waals surface area contributed by atoms with E-state index >= 15 is 0 Å². The Bertz CT molecular complexity index is 363. The van der Waals surface area contributed by atoms with Crippen LogP contribution in [0.1, 0.15) is 10.4 Å². The molecule has 0 saturated heterocycles. The Hall–Kier alpha value is -1.81. The monoisotopic (exact) mass is 207 g/mol. The number of esters is 1. The summed E-state index contributed by atoms with van der Waals surface area (Å²) in [6, 6.07) is 6.72. The van der Waals surface area contributed by atoms with Crippen molar-refractivity contribution in [3.05, 3.63) is 42.5 Å². The van der Waals surface area contributed by atoms with Crippen LogP contribution in [0.4, 0.5) is 0 Å². The standard InChI is InChI=1S/C11H13NO3/c1-3-10(12)15-9-7-5-4-6-8(9)11(13)14-2/h3-7,10H,1,12H2,2H3. The molecule has 0 saturated carbocycles. The van der Waals surface area contributed by atoms with Gasteiger partial charge in [0, 0.05) is 0 Å². The van der Waals surface area contributed by atoms with Crippen LogP contribution in [0.2, 0.25) is 0 Å². The first-order valence-corrected chi connectivity index (χ1v) is 4.41. The second kappa shape index (κ2) is 5.17. The molecule has 4 heteroatoms. The average molecular weight is 207 g/mol. The second-order valence-electron chi connectivity index (χ2n) is 2.81. The molecular formula is C11H13NO3. The SMILES string of the molecule is C=CC(N)Oc1ccccc1C(=O)OC. The van der Waals surface area contributed by atoms with Crippen molar-refractivity contribution in [1.82, 2.24) is 0 Å². The van der Waals surface area contributed by atoms with Crippen molar-refractivity contribution in [2.75, 3.05) is 7.11 Å². The fourth-order valence-corrected chi connectivity index (χ4v) is 1.04. The van der Waals surface area contributed by atoms with Gasteiger partial charge in [-0.25, -0.2) is 4.79 Å². The predicted octanol–water partition coefficient (Wildman–Crippen LogP) is 1.32. The third kappa shape index (κ3) is 2.82. The summed E-state index contributed by atoms with van der Waals surface area (Å²) in [7, 11) is 1.31. The first-order chi connectivity index (χ1) is 7.19. The molecule has 0 spiro atoms. The molecule has 0 aliphatic heterocycles. The number of methoxy groups -OCH3 is 1. The third-order valence-electron chi connectivity index (χ3n) is 1.79. The molecule has 0 aromatic heterocycles.